The summed E-state index contributed by atoms with van der Waals surface area (Å²) >= 11 is 1.20. The Balaban J connectivity index is 2.31. The van der Waals surface area contributed by atoms with Crippen LogP contribution in [0.5, 0.6) is 0 Å². The van der Waals surface area contributed by atoms with Crippen molar-refractivity contribution in [3.05, 3.63) is 41.2 Å². The number of hydrogen-bond donors (Lipinski definition) is 1. The van der Waals surface area contributed by atoms with Gasteiger partial charge in [0.25, 0.3) is 5.91 Å². The normalized spacial score (nSPS) is 10.3. The molecule has 1 aromatic heterocycles. The third-order valence-electron chi connectivity index (χ3n) is 2.42. The van der Waals surface area contributed by atoms with Crippen molar-refractivity contribution in [3.63, 3.8) is 0 Å². The highest BCUT2D eigenvalue weighted by molar-refractivity contribution is 7.13. The number of hydrogen-bond acceptors (Lipinski definition) is 4. The van der Waals surface area contributed by atoms with Crippen LogP contribution in [-0.2, 0) is 0 Å². The topological polar surface area (TPSA) is 59.2 Å². The average molecular weight is 265 g/mol. The van der Waals surface area contributed by atoms with E-state index >= 15 is 0 Å². The van der Waals surface area contributed by atoms with Gasteiger partial charge in [-0.3, -0.25) is 4.79 Å². The molecule has 0 aliphatic carbocycles. The lowest BCUT2D eigenvalue weighted by Crippen LogP contribution is -2.30. The molecule has 1 amide bonds. The molecule has 0 radical (unpaired) electrons. The number of thiazole rings is 1. The Bertz CT molecular complexity index is 570. The van der Waals surface area contributed by atoms with Gasteiger partial charge in [-0.05, 0) is 25.1 Å². The predicted molar refractivity (Wildman–Crippen MR) is 70.3 cm³/mol. The molecule has 6 heteroatoms. The summed E-state index contributed by atoms with van der Waals surface area (Å²) in [6.45, 7) is 2.25. The molecular weight excluding hydrogens is 253 g/mol. The Morgan fingerprint density at radius 2 is 2.33 bits per heavy atom. The van der Waals surface area contributed by atoms with E-state index in [9.17, 15) is 9.18 Å². The molecule has 4 nitrogen and oxygen atoms in total. The van der Waals surface area contributed by atoms with E-state index in [4.69, 9.17) is 5.73 Å². The Hall–Kier alpha value is -1.95. The number of nitrogens with two attached hydrogens (primary N) is 1. The van der Waals surface area contributed by atoms with E-state index < -0.39 is 0 Å². The van der Waals surface area contributed by atoms with Crippen molar-refractivity contribution in [2.45, 2.75) is 6.92 Å². The summed E-state index contributed by atoms with van der Waals surface area (Å²) in [5.74, 6) is -0.660. The second kappa shape index (κ2) is 5.14. The number of nitrogen functional groups attached to an aromatic ring is 1. The van der Waals surface area contributed by atoms with Gasteiger partial charge in [0.1, 0.15) is 11.5 Å². The predicted octanol–water partition coefficient (Wildman–Crippen LogP) is 2.53. The summed E-state index contributed by atoms with van der Waals surface area (Å²) in [5, 5.41) is 1.94. The number of aromatic nitrogens is 1. The van der Waals surface area contributed by atoms with E-state index in [1.54, 1.807) is 17.5 Å². The highest BCUT2D eigenvalue weighted by atomic mass is 32.1. The highest BCUT2D eigenvalue weighted by Crippen LogP contribution is 2.19. The monoisotopic (exact) mass is 265 g/mol. The standard InChI is InChI=1S/C12H12FN3OS/c1-2-16(9-5-3-4-8(13)6-9)11(17)10-7-18-12(14)15-10/h3-7H,2H2,1H3,(H2,14,15). The fourth-order valence-electron chi connectivity index (χ4n) is 1.61. The fourth-order valence-corrected chi connectivity index (χ4v) is 2.15. The molecule has 0 fully saturated rings. The molecule has 0 aliphatic rings. The molecule has 0 atom stereocenters. The van der Waals surface area contributed by atoms with Crippen LogP contribution in [0.25, 0.3) is 0 Å². The van der Waals surface area contributed by atoms with Crippen LogP contribution in [0.1, 0.15) is 17.4 Å². The maximum Gasteiger partial charge on any atom is 0.277 e. The molecule has 0 aliphatic heterocycles. The summed E-state index contributed by atoms with van der Waals surface area (Å²) in [6.07, 6.45) is 0. The first-order valence-electron chi connectivity index (χ1n) is 5.40. The van der Waals surface area contributed by atoms with Gasteiger partial charge in [-0.1, -0.05) is 6.07 Å². The number of anilines is 2. The van der Waals surface area contributed by atoms with E-state index in [0.717, 1.165) is 0 Å². The number of benzene rings is 1. The summed E-state index contributed by atoms with van der Waals surface area (Å²) in [4.78, 5) is 17.6. The van der Waals surface area contributed by atoms with Crippen molar-refractivity contribution in [3.8, 4) is 0 Å². The lowest BCUT2D eigenvalue weighted by atomic mass is 10.2. The maximum atomic E-state index is 13.2. The number of carbonyl (C=O) groups excluding carboxylic acids is 1. The molecule has 2 N–H and O–H groups in total. The average Bonchev–Trinajstić information content (AvgIpc) is 2.77. The molecule has 2 rings (SSSR count). The van der Waals surface area contributed by atoms with Crippen LogP contribution in [0.2, 0.25) is 0 Å². The van der Waals surface area contributed by atoms with Crippen LogP contribution in [0, 0.1) is 5.82 Å². The van der Waals surface area contributed by atoms with Crippen molar-refractivity contribution in [2.75, 3.05) is 17.2 Å². The van der Waals surface area contributed by atoms with Crippen molar-refractivity contribution >= 4 is 28.1 Å². The lowest BCUT2D eigenvalue weighted by molar-refractivity contribution is 0.0984. The summed E-state index contributed by atoms with van der Waals surface area (Å²) < 4.78 is 13.2. The zero-order valence-electron chi connectivity index (χ0n) is 9.76. The minimum absolute atomic E-state index is 0.281. The van der Waals surface area contributed by atoms with E-state index in [1.165, 1.54) is 28.4 Å². The van der Waals surface area contributed by atoms with Crippen LogP contribution >= 0.6 is 11.3 Å². The minimum Gasteiger partial charge on any atom is -0.375 e. The van der Waals surface area contributed by atoms with Crippen LogP contribution in [0.15, 0.2) is 29.6 Å². The SMILES string of the molecule is CCN(C(=O)c1csc(N)n1)c1cccc(F)c1. The first-order chi connectivity index (χ1) is 8.61. The van der Waals surface area contributed by atoms with Gasteiger partial charge >= 0.3 is 0 Å². The Labute approximate surface area is 108 Å². The van der Waals surface area contributed by atoms with E-state index in [1.807, 2.05) is 6.92 Å². The largest absolute Gasteiger partial charge is 0.375 e. The molecule has 2 aromatic rings. The van der Waals surface area contributed by atoms with Crippen LogP contribution in [-0.4, -0.2) is 17.4 Å². The molecule has 0 saturated carbocycles. The maximum absolute atomic E-state index is 13.2. The van der Waals surface area contributed by atoms with Gasteiger partial charge < -0.3 is 10.6 Å². The van der Waals surface area contributed by atoms with Crippen molar-refractivity contribution in [1.29, 1.82) is 0 Å². The van der Waals surface area contributed by atoms with E-state index in [-0.39, 0.29) is 17.4 Å². The minimum atomic E-state index is -0.378. The Kier molecular flexibility index (Phi) is 3.57. The second-order valence-corrected chi connectivity index (χ2v) is 4.49. The number of nitrogens with zero attached hydrogens (tertiary/aromatic N) is 2. The van der Waals surface area contributed by atoms with E-state index in [2.05, 4.69) is 4.98 Å². The summed E-state index contributed by atoms with van der Waals surface area (Å²) in [7, 11) is 0. The van der Waals surface area contributed by atoms with Gasteiger partial charge in [-0.15, -0.1) is 11.3 Å². The number of amides is 1. The van der Waals surface area contributed by atoms with Gasteiger partial charge in [0, 0.05) is 17.6 Å². The first kappa shape index (κ1) is 12.5. The molecule has 0 unspecified atom stereocenters. The lowest BCUT2D eigenvalue weighted by Gasteiger charge is -2.19. The van der Waals surface area contributed by atoms with Gasteiger partial charge in [-0.25, -0.2) is 9.37 Å². The zero-order valence-corrected chi connectivity index (χ0v) is 10.6. The quantitative estimate of drug-likeness (QED) is 0.927. The smallest absolute Gasteiger partial charge is 0.277 e. The third kappa shape index (κ3) is 2.48. The van der Waals surface area contributed by atoms with Crippen molar-refractivity contribution < 1.29 is 9.18 Å². The molecule has 18 heavy (non-hydrogen) atoms. The van der Waals surface area contributed by atoms with Crippen LogP contribution < -0.4 is 10.6 Å². The summed E-state index contributed by atoms with van der Waals surface area (Å²) in [6, 6.07) is 5.90. The molecule has 0 saturated heterocycles. The Morgan fingerprint density at radius 1 is 1.56 bits per heavy atom. The van der Waals surface area contributed by atoms with Crippen LogP contribution in [0.4, 0.5) is 15.2 Å². The molecule has 0 spiro atoms. The van der Waals surface area contributed by atoms with Gasteiger partial charge in [0.15, 0.2) is 5.13 Å². The summed E-state index contributed by atoms with van der Waals surface area (Å²) in [5.41, 5.74) is 6.29. The first-order valence-corrected chi connectivity index (χ1v) is 6.28. The van der Waals surface area contributed by atoms with Crippen molar-refractivity contribution in [1.82, 2.24) is 4.98 Å². The van der Waals surface area contributed by atoms with Gasteiger partial charge in [0.05, 0.1) is 0 Å². The van der Waals surface area contributed by atoms with E-state index in [0.29, 0.717) is 17.4 Å². The number of halogens is 1. The third-order valence-corrected chi connectivity index (χ3v) is 3.10. The zero-order chi connectivity index (χ0) is 13.1. The second-order valence-electron chi connectivity index (χ2n) is 3.60. The Morgan fingerprint density at radius 3 is 2.89 bits per heavy atom. The molecular formula is C12H12FN3OS. The van der Waals surface area contributed by atoms with Gasteiger partial charge in [0.2, 0.25) is 0 Å². The molecule has 0 bridgehead atoms. The number of rotatable bonds is 3. The van der Waals surface area contributed by atoms with Crippen molar-refractivity contribution in [2.24, 2.45) is 0 Å². The molecule has 1 aromatic carbocycles. The van der Waals surface area contributed by atoms with Gasteiger partial charge in [-0.2, -0.15) is 0 Å². The molecule has 1 heterocycles. The number of carbonyl (C=O) groups is 1. The fraction of sp³-hybridized carbons (Fsp3) is 0.167. The van der Waals surface area contributed by atoms with Crippen LogP contribution in [0.3, 0.4) is 0 Å². The highest BCUT2D eigenvalue weighted by Gasteiger charge is 2.18. The molecule has 94 valence electrons.